The number of nitro groups is 1. The molecule has 1 saturated carbocycles. The van der Waals surface area contributed by atoms with E-state index < -0.39 is 0 Å². The molecule has 0 amide bonds. The molecule has 19 heavy (non-hydrogen) atoms. The fourth-order valence-corrected chi connectivity index (χ4v) is 2.82. The van der Waals surface area contributed by atoms with E-state index in [4.69, 9.17) is 5.73 Å². The average molecular weight is 267 g/mol. The van der Waals surface area contributed by atoms with Gasteiger partial charge in [-0.15, -0.1) is 0 Å². The maximum Gasteiger partial charge on any atom is 0.333 e. The van der Waals surface area contributed by atoms with E-state index in [9.17, 15) is 10.1 Å². The molecule has 7 nitrogen and oxygen atoms in total. The first-order valence-corrected chi connectivity index (χ1v) is 6.71. The lowest BCUT2D eigenvalue weighted by Crippen LogP contribution is -2.43. The molecule has 7 heteroatoms. The van der Waals surface area contributed by atoms with Crippen LogP contribution in [0.2, 0.25) is 0 Å². The third kappa shape index (κ3) is 2.42. The topological polar surface area (TPSA) is 99.0 Å². The highest BCUT2D eigenvalue weighted by atomic mass is 16.6. The molecule has 0 atom stereocenters. The van der Waals surface area contributed by atoms with Crippen LogP contribution in [-0.2, 0) is 13.5 Å². The molecule has 1 aliphatic rings. The zero-order chi connectivity index (χ0) is 14.0. The molecular formula is C12H21N5O2. The van der Waals surface area contributed by atoms with Crippen LogP contribution in [0.25, 0.3) is 0 Å². The molecule has 1 aliphatic carbocycles. The summed E-state index contributed by atoms with van der Waals surface area (Å²) in [7, 11) is 1.73. The zero-order valence-electron chi connectivity index (χ0n) is 11.5. The Morgan fingerprint density at radius 1 is 1.53 bits per heavy atom. The van der Waals surface area contributed by atoms with Gasteiger partial charge in [-0.1, -0.05) is 19.8 Å². The predicted octanol–water partition coefficient (Wildman–Crippen LogP) is 1.57. The number of aromatic nitrogens is 2. The lowest BCUT2D eigenvalue weighted by atomic mass is 9.98. The van der Waals surface area contributed by atoms with Crippen LogP contribution in [0, 0.1) is 10.1 Å². The minimum Gasteiger partial charge on any atom is -0.358 e. The number of nitrogens with zero attached hydrogens (tertiary/aromatic N) is 3. The molecule has 2 rings (SSSR count). The van der Waals surface area contributed by atoms with Crippen molar-refractivity contribution in [1.82, 2.24) is 9.78 Å². The van der Waals surface area contributed by atoms with Crippen molar-refractivity contribution in [1.29, 1.82) is 0 Å². The summed E-state index contributed by atoms with van der Waals surface area (Å²) < 4.78 is 1.56. The monoisotopic (exact) mass is 267 g/mol. The van der Waals surface area contributed by atoms with E-state index in [1.807, 2.05) is 6.92 Å². The molecule has 0 spiro atoms. The van der Waals surface area contributed by atoms with Crippen LogP contribution in [-0.4, -0.2) is 26.8 Å². The molecule has 106 valence electrons. The van der Waals surface area contributed by atoms with E-state index in [2.05, 4.69) is 10.4 Å². The molecule has 1 fully saturated rings. The van der Waals surface area contributed by atoms with Crippen LogP contribution < -0.4 is 11.1 Å². The molecule has 0 aromatic carbocycles. The van der Waals surface area contributed by atoms with Gasteiger partial charge in [0, 0.05) is 13.6 Å². The number of aryl methyl sites for hydroxylation is 2. The van der Waals surface area contributed by atoms with E-state index in [0.717, 1.165) is 25.7 Å². The number of anilines is 1. The van der Waals surface area contributed by atoms with Crippen molar-refractivity contribution < 1.29 is 4.92 Å². The molecule has 1 heterocycles. The summed E-state index contributed by atoms with van der Waals surface area (Å²) >= 11 is 0. The second-order valence-electron chi connectivity index (χ2n) is 5.19. The van der Waals surface area contributed by atoms with Gasteiger partial charge in [0.25, 0.3) is 0 Å². The van der Waals surface area contributed by atoms with Crippen molar-refractivity contribution in [2.24, 2.45) is 12.8 Å². The lowest BCUT2D eigenvalue weighted by molar-refractivity contribution is -0.384. The summed E-state index contributed by atoms with van der Waals surface area (Å²) in [5.74, 6) is 0.481. The fourth-order valence-electron chi connectivity index (χ4n) is 2.82. The van der Waals surface area contributed by atoms with Gasteiger partial charge in [0.2, 0.25) is 5.82 Å². The summed E-state index contributed by atoms with van der Waals surface area (Å²) in [5, 5.41) is 18.8. The highest BCUT2D eigenvalue weighted by molar-refractivity contribution is 5.61. The van der Waals surface area contributed by atoms with Crippen molar-refractivity contribution in [2.75, 3.05) is 11.9 Å². The Labute approximate surface area is 112 Å². The van der Waals surface area contributed by atoms with Crippen LogP contribution >= 0.6 is 0 Å². The molecule has 0 aliphatic heterocycles. The van der Waals surface area contributed by atoms with E-state index in [1.165, 1.54) is 0 Å². The lowest BCUT2D eigenvalue weighted by Gasteiger charge is -2.29. The third-order valence-electron chi connectivity index (χ3n) is 3.94. The van der Waals surface area contributed by atoms with Gasteiger partial charge < -0.3 is 11.1 Å². The van der Waals surface area contributed by atoms with Crippen LogP contribution in [0.4, 0.5) is 11.5 Å². The van der Waals surface area contributed by atoms with Crippen LogP contribution in [0.15, 0.2) is 0 Å². The summed E-state index contributed by atoms with van der Waals surface area (Å²) in [6.45, 7) is 2.35. The molecule has 0 bridgehead atoms. The minimum atomic E-state index is -0.354. The molecule has 0 radical (unpaired) electrons. The Kier molecular flexibility index (Phi) is 3.75. The second kappa shape index (κ2) is 5.16. The third-order valence-corrected chi connectivity index (χ3v) is 3.94. The molecule has 0 saturated heterocycles. The SMILES string of the molecule is CCc1nn(C)c(NC2(CN)CCCC2)c1[N+](=O)[O-]. The number of nitrogens with one attached hydrogen (secondary N) is 1. The van der Waals surface area contributed by atoms with Gasteiger partial charge in [-0.05, 0) is 19.3 Å². The molecule has 0 unspecified atom stereocenters. The first-order chi connectivity index (χ1) is 9.03. The number of hydrogen-bond acceptors (Lipinski definition) is 5. The maximum absolute atomic E-state index is 11.3. The highest BCUT2D eigenvalue weighted by Gasteiger charge is 2.36. The van der Waals surface area contributed by atoms with Crippen LogP contribution in [0.1, 0.15) is 38.3 Å². The van der Waals surface area contributed by atoms with Gasteiger partial charge in [0.05, 0.1) is 10.5 Å². The molecule has 1 aromatic heterocycles. The first-order valence-electron chi connectivity index (χ1n) is 6.71. The Balaban J connectivity index is 2.38. The summed E-state index contributed by atoms with van der Waals surface area (Å²) in [6, 6.07) is 0. The maximum atomic E-state index is 11.3. The van der Waals surface area contributed by atoms with Gasteiger partial charge in [-0.25, -0.2) is 4.68 Å². The van der Waals surface area contributed by atoms with E-state index in [0.29, 0.717) is 24.5 Å². The van der Waals surface area contributed by atoms with Crippen molar-refractivity contribution in [2.45, 2.75) is 44.6 Å². The average Bonchev–Trinajstić information content (AvgIpc) is 2.96. The quantitative estimate of drug-likeness (QED) is 0.623. The smallest absolute Gasteiger partial charge is 0.333 e. The van der Waals surface area contributed by atoms with Gasteiger partial charge >= 0.3 is 5.69 Å². The Hall–Kier alpha value is -1.63. The molecular weight excluding hydrogens is 246 g/mol. The van der Waals surface area contributed by atoms with Gasteiger partial charge in [-0.3, -0.25) is 10.1 Å². The summed E-state index contributed by atoms with van der Waals surface area (Å²) in [5.41, 5.74) is 6.25. The molecule has 1 aromatic rings. The van der Waals surface area contributed by atoms with E-state index in [1.54, 1.807) is 11.7 Å². The number of rotatable bonds is 5. The van der Waals surface area contributed by atoms with E-state index >= 15 is 0 Å². The predicted molar refractivity (Wildman–Crippen MR) is 73.1 cm³/mol. The Bertz CT molecular complexity index is 477. The largest absolute Gasteiger partial charge is 0.358 e. The molecule has 3 N–H and O–H groups in total. The number of nitrogens with two attached hydrogens (primary N) is 1. The normalized spacial score (nSPS) is 17.6. The van der Waals surface area contributed by atoms with Crippen molar-refractivity contribution in [3.8, 4) is 0 Å². The van der Waals surface area contributed by atoms with Gasteiger partial charge in [0.1, 0.15) is 5.69 Å². The Morgan fingerprint density at radius 2 is 2.16 bits per heavy atom. The van der Waals surface area contributed by atoms with Crippen molar-refractivity contribution >= 4 is 11.5 Å². The van der Waals surface area contributed by atoms with E-state index in [-0.39, 0.29) is 16.1 Å². The van der Waals surface area contributed by atoms with Crippen molar-refractivity contribution in [3.05, 3.63) is 15.8 Å². The fraction of sp³-hybridized carbons (Fsp3) is 0.750. The summed E-state index contributed by atoms with van der Waals surface area (Å²) in [4.78, 5) is 10.9. The zero-order valence-corrected chi connectivity index (χ0v) is 11.5. The van der Waals surface area contributed by atoms with Crippen LogP contribution in [0.3, 0.4) is 0 Å². The van der Waals surface area contributed by atoms with Gasteiger partial charge in [-0.2, -0.15) is 5.10 Å². The summed E-state index contributed by atoms with van der Waals surface area (Å²) in [6.07, 6.45) is 4.66. The van der Waals surface area contributed by atoms with Crippen molar-refractivity contribution in [3.63, 3.8) is 0 Å². The Morgan fingerprint density at radius 3 is 2.63 bits per heavy atom. The second-order valence-corrected chi connectivity index (χ2v) is 5.19. The number of hydrogen-bond donors (Lipinski definition) is 2. The minimum absolute atomic E-state index is 0.0877. The standard InChI is InChI=1S/C12H21N5O2/c1-3-9-10(17(18)19)11(16(2)15-9)14-12(8-13)6-4-5-7-12/h14H,3-8,13H2,1-2H3. The van der Waals surface area contributed by atoms with Gasteiger partial charge in [0.15, 0.2) is 0 Å². The van der Waals surface area contributed by atoms with Crippen LogP contribution in [0.5, 0.6) is 0 Å². The highest BCUT2D eigenvalue weighted by Crippen LogP contribution is 2.36. The first kappa shape index (κ1) is 13.8.